The molecule has 0 unspecified atom stereocenters. The molecule has 4 aromatic rings. The molecule has 0 aliphatic carbocycles. The van der Waals surface area contributed by atoms with E-state index >= 15 is 0 Å². The third kappa shape index (κ3) is 7.48. The van der Waals surface area contributed by atoms with E-state index in [4.69, 9.17) is 19.6 Å². The molecule has 0 atom stereocenters. The maximum atomic E-state index is 10.4. The Bertz CT molecular complexity index is 1370. The van der Waals surface area contributed by atoms with Gasteiger partial charge in [0.05, 0.1) is 17.5 Å². The van der Waals surface area contributed by atoms with Crippen molar-refractivity contribution >= 4 is 5.97 Å². The molecule has 2 heterocycles. The number of imidazole rings is 1. The lowest BCUT2D eigenvalue weighted by Gasteiger charge is -2.21. The number of benzene rings is 3. The van der Waals surface area contributed by atoms with E-state index in [1.807, 2.05) is 24.4 Å². The third-order valence-electron chi connectivity index (χ3n) is 6.57. The minimum absolute atomic E-state index is 0.377. The summed E-state index contributed by atoms with van der Waals surface area (Å²) in [5.74, 6) is 1.88. The number of rotatable bonds is 9. The highest BCUT2D eigenvalue weighted by Gasteiger charge is 2.15. The van der Waals surface area contributed by atoms with Crippen LogP contribution in [0, 0.1) is 6.92 Å². The Morgan fingerprint density at radius 3 is 2.38 bits per heavy atom. The Balaban J connectivity index is 0.000000298. The van der Waals surface area contributed by atoms with Crippen LogP contribution in [0.1, 0.15) is 46.9 Å². The Hall–Kier alpha value is -4.10. The van der Waals surface area contributed by atoms with Crippen molar-refractivity contribution in [2.24, 2.45) is 0 Å². The fourth-order valence-electron chi connectivity index (χ4n) is 4.56. The molecular weight excluding hydrogens is 490 g/mol. The van der Waals surface area contributed by atoms with Crippen LogP contribution in [0.5, 0.6) is 11.5 Å². The molecule has 0 radical (unpaired) electrons. The van der Waals surface area contributed by atoms with Crippen LogP contribution in [0.25, 0.3) is 11.4 Å². The number of hydrogen-bond donors (Lipinski definition) is 1. The van der Waals surface area contributed by atoms with Crippen LogP contribution >= 0.6 is 0 Å². The van der Waals surface area contributed by atoms with Gasteiger partial charge in [0.25, 0.3) is 0 Å². The standard InChI is InChI=1S/C24H29N3O2.C8H8O2/c1-3-4-12-27-21(16-25-24(27)20-8-6-5-7-9-20)18-26(2)17-19-10-11-22-23(15-19)29-14-13-28-22;1-6-4-2-3-5-7(6)8(9)10/h5-11,15-16H,3-4,12-14,17-18H2,1-2H3;2-5H,1H3,(H,9,10). The number of ether oxygens (including phenoxy) is 2. The van der Waals surface area contributed by atoms with E-state index < -0.39 is 5.97 Å². The van der Waals surface area contributed by atoms with Gasteiger partial charge >= 0.3 is 5.97 Å². The van der Waals surface area contributed by atoms with Gasteiger partial charge in [-0.25, -0.2) is 9.78 Å². The first-order chi connectivity index (χ1) is 19.0. The Kier molecular flexibility index (Phi) is 9.75. The first-order valence-corrected chi connectivity index (χ1v) is 13.4. The lowest BCUT2D eigenvalue weighted by atomic mass is 10.1. The van der Waals surface area contributed by atoms with Gasteiger partial charge < -0.3 is 19.1 Å². The zero-order valence-corrected chi connectivity index (χ0v) is 23.0. The van der Waals surface area contributed by atoms with E-state index in [0.717, 1.165) is 48.9 Å². The van der Waals surface area contributed by atoms with Gasteiger partial charge in [-0.15, -0.1) is 0 Å². The number of aromatic nitrogens is 2. The van der Waals surface area contributed by atoms with Crippen LogP contribution in [0.3, 0.4) is 0 Å². The fraction of sp³-hybridized carbons (Fsp3) is 0.312. The smallest absolute Gasteiger partial charge is 0.335 e. The first-order valence-electron chi connectivity index (χ1n) is 13.4. The number of fused-ring (bicyclic) bond motifs is 1. The number of aromatic carboxylic acids is 1. The van der Waals surface area contributed by atoms with Gasteiger partial charge in [0.15, 0.2) is 11.5 Å². The molecule has 39 heavy (non-hydrogen) atoms. The predicted molar refractivity (Wildman–Crippen MR) is 153 cm³/mol. The van der Waals surface area contributed by atoms with Gasteiger partial charge in [-0.2, -0.15) is 0 Å². The zero-order chi connectivity index (χ0) is 27.6. The summed E-state index contributed by atoms with van der Waals surface area (Å²) in [5, 5.41) is 8.57. The highest BCUT2D eigenvalue weighted by Crippen LogP contribution is 2.31. The normalized spacial score (nSPS) is 12.1. The van der Waals surface area contributed by atoms with E-state index in [0.29, 0.717) is 18.8 Å². The Morgan fingerprint density at radius 1 is 0.974 bits per heavy atom. The van der Waals surface area contributed by atoms with Gasteiger partial charge in [-0.3, -0.25) is 4.90 Å². The van der Waals surface area contributed by atoms with Crippen LogP contribution in [0.4, 0.5) is 0 Å². The molecular formula is C32H37N3O4. The minimum Gasteiger partial charge on any atom is -0.486 e. The van der Waals surface area contributed by atoms with Crippen molar-refractivity contribution in [2.45, 2.75) is 46.3 Å². The second-order valence-electron chi connectivity index (χ2n) is 9.71. The van der Waals surface area contributed by atoms with Crippen LogP contribution in [0.2, 0.25) is 0 Å². The molecule has 5 rings (SSSR count). The van der Waals surface area contributed by atoms with E-state index in [2.05, 4.69) is 59.8 Å². The third-order valence-corrected chi connectivity index (χ3v) is 6.57. The number of aryl methyl sites for hydroxylation is 1. The SMILES string of the molecule is CCCCn1c(CN(C)Cc2ccc3c(c2)OCCO3)cnc1-c1ccccc1.Cc1ccccc1C(=O)O. The average molecular weight is 528 g/mol. The molecule has 1 aromatic heterocycles. The molecule has 1 aliphatic rings. The van der Waals surface area contributed by atoms with Gasteiger partial charge in [-0.05, 0) is 49.7 Å². The van der Waals surface area contributed by atoms with Gasteiger partial charge in [0, 0.05) is 25.2 Å². The van der Waals surface area contributed by atoms with Crippen molar-refractivity contribution in [3.05, 3.63) is 101 Å². The Morgan fingerprint density at radius 2 is 1.69 bits per heavy atom. The molecule has 0 spiro atoms. The van der Waals surface area contributed by atoms with Crippen molar-refractivity contribution in [2.75, 3.05) is 20.3 Å². The van der Waals surface area contributed by atoms with E-state index in [1.54, 1.807) is 25.1 Å². The summed E-state index contributed by atoms with van der Waals surface area (Å²) < 4.78 is 13.7. The quantitative estimate of drug-likeness (QED) is 0.270. The number of carbonyl (C=O) groups is 1. The molecule has 0 fully saturated rings. The van der Waals surface area contributed by atoms with Crippen molar-refractivity contribution in [1.29, 1.82) is 0 Å². The largest absolute Gasteiger partial charge is 0.486 e. The second-order valence-corrected chi connectivity index (χ2v) is 9.71. The molecule has 0 saturated carbocycles. The first kappa shape index (κ1) is 27.9. The highest BCUT2D eigenvalue weighted by atomic mass is 16.6. The number of hydrogen-bond acceptors (Lipinski definition) is 5. The minimum atomic E-state index is -0.863. The summed E-state index contributed by atoms with van der Waals surface area (Å²) in [6.07, 6.45) is 4.34. The topological polar surface area (TPSA) is 76.8 Å². The number of carboxylic acid groups (broad SMARTS) is 1. The number of unbranched alkanes of at least 4 members (excludes halogenated alkanes) is 1. The molecule has 3 aromatic carbocycles. The van der Waals surface area contributed by atoms with E-state index in [1.165, 1.54) is 23.2 Å². The van der Waals surface area contributed by atoms with E-state index in [9.17, 15) is 4.79 Å². The summed E-state index contributed by atoms with van der Waals surface area (Å²) in [6, 6.07) is 23.6. The summed E-state index contributed by atoms with van der Waals surface area (Å²) >= 11 is 0. The molecule has 0 saturated heterocycles. The molecule has 7 heteroatoms. The molecule has 204 valence electrons. The van der Waals surface area contributed by atoms with Gasteiger partial charge in [0.2, 0.25) is 0 Å². The summed E-state index contributed by atoms with van der Waals surface area (Å²) in [4.78, 5) is 17.5. The Labute approximate surface area is 230 Å². The predicted octanol–water partition coefficient (Wildman–Crippen LogP) is 6.45. The highest BCUT2D eigenvalue weighted by molar-refractivity contribution is 5.89. The maximum Gasteiger partial charge on any atom is 0.335 e. The van der Waals surface area contributed by atoms with Crippen molar-refractivity contribution in [3.8, 4) is 22.9 Å². The number of nitrogens with zero attached hydrogens (tertiary/aromatic N) is 3. The molecule has 0 amide bonds. The molecule has 0 bridgehead atoms. The van der Waals surface area contributed by atoms with Crippen molar-refractivity contribution in [3.63, 3.8) is 0 Å². The summed E-state index contributed by atoms with van der Waals surface area (Å²) in [7, 11) is 2.15. The van der Waals surface area contributed by atoms with Gasteiger partial charge in [0.1, 0.15) is 19.0 Å². The van der Waals surface area contributed by atoms with Crippen LogP contribution in [-0.2, 0) is 19.6 Å². The fourth-order valence-corrected chi connectivity index (χ4v) is 4.56. The lowest BCUT2D eigenvalue weighted by Crippen LogP contribution is -2.20. The van der Waals surface area contributed by atoms with Crippen LogP contribution in [-0.4, -0.2) is 45.8 Å². The molecule has 7 nitrogen and oxygen atoms in total. The number of carboxylic acids is 1. The summed E-state index contributed by atoms with van der Waals surface area (Å²) in [5.41, 5.74) is 4.82. The molecule has 1 N–H and O–H groups in total. The second kappa shape index (κ2) is 13.6. The average Bonchev–Trinajstić information content (AvgIpc) is 3.34. The van der Waals surface area contributed by atoms with Crippen molar-refractivity contribution < 1.29 is 19.4 Å². The van der Waals surface area contributed by atoms with Crippen molar-refractivity contribution in [1.82, 2.24) is 14.5 Å². The summed E-state index contributed by atoms with van der Waals surface area (Å²) in [6.45, 7) is 7.93. The van der Waals surface area contributed by atoms with E-state index in [-0.39, 0.29) is 0 Å². The zero-order valence-electron chi connectivity index (χ0n) is 23.0. The monoisotopic (exact) mass is 527 g/mol. The maximum absolute atomic E-state index is 10.4. The molecule has 1 aliphatic heterocycles. The van der Waals surface area contributed by atoms with Gasteiger partial charge in [-0.1, -0.05) is 67.9 Å². The van der Waals surface area contributed by atoms with Crippen LogP contribution in [0.15, 0.2) is 79.0 Å². The van der Waals surface area contributed by atoms with Crippen LogP contribution < -0.4 is 9.47 Å². The lowest BCUT2D eigenvalue weighted by molar-refractivity contribution is 0.0696.